The summed E-state index contributed by atoms with van der Waals surface area (Å²) in [7, 11) is 2.02. The molecule has 3 nitrogen and oxygen atoms in total. The summed E-state index contributed by atoms with van der Waals surface area (Å²) in [6.45, 7) is 2.28. The fourth-order valence-electron chi connectivity index (χ4n) is 1.77. The van der Waals surface area contributed by atoms with Gasteiger partial charge in [0, 0.05) is 11.9 Å². The first-order valence-electron chi connectivity index (χ1n) is 5.36. The fraction of sp³-hybridized carbons (Fsp3) is 0.417. The summed E-state index contributed by atoms with van der Waals surface area (Å²) in [5.41, 5.74) is 1.20. The smallest absolute Gasteiger partial charge is 0.308 e. The van der Waals surface area contributed by atoms with Crippen LogP contribution in [0.15, 0.2) is 29.2 Å². The molecule has 0 amide bonds. The van der Waals surface area contributed by atoms with E-state index in [0.717, 1.165) is 0 Å². The first kappa shape index (κ1) is 11.3. The molecule has 1 atom stereocenters. The standard InChI is InChI=1S/C12H15NO2S/c1-3-15-12(14)8-11-13(2)9-6-4-5-7-10(9)16-11/h4-7,11H,3,8H2,1-2H3. The van der Waals surface area contributed by atoms with Gasteiger partial charge in [0.05, 0.1) is 24.1 Å². The Morgan fingerprint density at radius 1 is 1.50 bits per heavy atom. The van der Waals surface area contributed by atoms with Gasteiger partial charge in [0.15, 0.2) is 0 Å². The normalized spacial score (nSPS) is 18.4. The van der Waals surface area contributed by atoms with Crippen molar-refractivity contribution in [1.29, 1.82) is 0 Å². The minimum Gasteiger partial charge on any atom is -0.466 e. The second-order valence-corrected chi connectivity index (χ2v) is 4.88. The van der Waals surface area contributed by atoms with Gasteiger partial charge in [0.25, 0.3) is 0 Å². The zero-order valence-corrected chi connectivity index (χ0v) is 10.3. The average Bonchev–Trinajstić information content (AvgIpc) is 2.57. The van der Waals surface area contributed by atoms with Crippen molar-refractivity contribution in [3.05, 3.63) is 24.3 Å². The minimum absolute atomic E-state index is 0.125. The molecule has 1 aliphatic rings. The molecule has 1 aromatic rings. The van der Waals surface area contributed by atoms with E-state index in [0.29, 0.717) is 13.0 Å². The van der Waals surface area contributed by atoms with E-state index >= 15 is 0 Å². The van der Waals surface area contributed by atoms with E-state index in [-0.39, 0.29) is 11.3 Å². The Labute approximate surface area is 99.8 Å². The van der Waals surface area contributed by atoms with E-state index in [1.165, 1.54) is 10.6 Å². The Bertz CT molecular complexity index is 394. The molecule has 0 spiro atoms. The molecular formula is C12H15NO2S. The lowest BCUT2D eigenvalue weighted by molar-refractivity contribution is -0.143. The van der Waals surface area contributed by atoms with Crippen LogP contribution >= 0.6 is 11.8 Å². The minimum atomic E-state index is -0.125. The van der Waals surface area contributed by atoms with Crippen molar-refractivity contribution >= 4 is 23.4 Å². The third-order valence-electron chi connectivity index (χ3n) is 2.59. The van der Waals surface area contributed by atoms with Gasteiger partial charge in [0.2, 0.25) is 0 Å². The maximum Gasteiger partial charge on any atom is 0.308 e. The number of nitrogens with zero attached hydrogens (tertiary/aromatic N) is 1. The second-order valence-electron chi connectivity index (χ2n) is 3.66. The zero-order chi connectivity index (χ0) is 11.5. The third-order valence-corrected chi connectivity index (χ3v) is 3.94. The van der Waals surface area contributed by atoms with Crippen LogP contribution < -0.4 is 4.90 Å². The summed E-state index contributed by atoms with van der Waals surface area (Å²) in [6, 6.07) is 8.20. The van der Waals surface area contributed by atoms with Gasteiger partial charge in [-0.2, -0.15) is 0 Å². The maximum atomic E-state index is 11.4. The largest absolute Gasteiger partial charge is 0.466 e. The summed E-state index contributed by atoms with van der Waals surface area (Å²) in [5.74, 6) is -0.125. The molecule has 86 valence electrons. The van der Waals surface area contributed by atoms with E-state index in [1.54, 1.807) is 11.8 Å². The molecule has 2 rings (SSSR count). The van der Waals surface area contributed by atoms with Crippen molar-refractivity contribution in [3.8, 4) is 0 Å². The first-order chi connectivity index (χ1) is 7.72. The van der Waals surface area contributed by atoms with Gasteiger partial charge in [0.1, 0.15) is 0 Å². The predicted octanol–water partition coefficient (Wildman–Crippen LogP) is 2.51. The topological polar surface area (TPSA) is 29.5 Å². The fourth-order valence-corrected chi connectivity index (χ4v) is 3.04. The lowest BCUT2D eigenvalue weighted by atomic mass is 10.3. The van der Waals surface area contributed by atoms with Crippen LogP contribution in [0.4, 0.5) is 5.69 Å². The van der Waals surface area contributed by atoms with Crippen molar-refractivity contribution in [2.75, 3.05) is 18.6 Å². The highest BCUT2D eigenvalue weighted by atomic mass is 32.2. The van der Waals surface area contributed by atoms with Crippen LogP contribution in [0.25, 0.3) is 0 Å². The number of thioether (sulfide) groups is 1. The second kappa shape index (κ2) is 4.78. The Morgan fingerprint density at radius 3 is 2.94 bits per heavy atom. The maximum absolute atomic E-state index is 11.4. The molecule has 0 bridgehead atoms. The highest BCUT2D eigenvalue weighted by Gasteiger charge is 2.28. The molecule has 0 saturated carbocycles. The van der Waals surface area contributed by atoms with Gasteiger partial charge < -0.3 is 9.64 Å². The molecule has 0 saturated heterocycles. The summed E-state index contributed by atoms with van der Waals surface area (Å²) in [5, 5.41) is 0.163. The molecule has 1 heterocycles. The Morgan fingerprint density at radius 2 is 2.25 bits per heavy atom. The first-order valence-corrected chi connectivity index (χ1v) is 6.24. The van der Waals surface area contributed by atoms with Gasteiger partial charge >= 0.3 is 5.97 Å². The summed E-state index contributed by atoms with van der Waals surface area (Å²) < 4.78 is 4.97. The quantitative estimate of drug-likeness (QED) is 0.755. The number of carbonyl (C=O) groups excluding carboxylic acids is 1. The molecular weight excluding hydrogens is 222 g/mol. The number of ether oxygens (including phenoxy) is 1. The summed E-state index contributed by atoms with van der Waals surface area (Å²) in [4.78, 5) is 14.8. The van der Waals surface area contributed by atoms with E-state index < -0.39 is 0 Å². The molecule has 0 fully saturated rings. The van der Waals surface area contributed by atoms with Crippen molar-refractivity contribution in [1.82, 2.24) is 0 Å². The molecule has 0 aromatic heterocycles. The number of esters is 1. The van der Waals surface area contributed by atoms with Crippen LogP contribution in [0.2, 0.25) is 0 Å². The average molecular weight is 237 g/mol. The molecule has 1 aliphatic heterocycles. The van der Waals surface area contributed by atoms with Crippen molar-refractivity contribution < 1.29 is 9.53 Å². The summed E-state index contributed by atoms with van der Waals surface area (Å²) >= 11 is 1.72. The van der Waals surface area contributed by atoms with Gasteiger partial charge in [-0.15, -0.1) is 0 Å². The molecule has 4 heteroatoms. The van der Waals surface area contributed by atoms with Gasteiger partial charge in [-0.3, -0.25) is 4.79 Å². The number of anilines is 1. The highest BCUT2D eigenvalue weighted by Crippen LogP contribution is 2.43. The van der Waals surface area contributed by atoms with Crippen LogP contribution in [-0.4, -0.2) is 25.0 Å². The predicted molar refractivity (Wildman–Crippen MR) is 65.7 cm³/mol. The molecule has 0 aliphatic carbocycles. The number of benzene rings is 1. The van der Waals surface area contributed by atoms with Crippen molar-refractivity contribution in [2.24, 2.45) is 0 Å². The molecule has 0 radical (unpaired) electrons. The molecule has 0 N–H and O–H groups in total. The van der Waals surface area contributed by atoms with Crippen molar-refractivity contribution in [3.63, 3.8) is 0 Å². The van der Waals surface area contributed by atoms with E-state index in [4.69, 9.17) is 4.74 Å². The van der Waals surface area contributed by atoms with Crippen LogP contribution in [-0.2, 0) is 9.53 Å². The number of hydrogen-bond donors (Lipinski definition) is 0. The van der Waals surface area contributed by atoms with E-state index in [2.05, 4.69) is 17.0 Å². The van der Waals surface area contributed by atoms with Crippen LogP contribution in [0, 0.1) is 0 Å². The van der Waals surface area contributed by atoms with Crippen LogP contribution in [0.1, 0.15) is 13.3 Å². The number of carbonyl (C=O) groups is 1. The SMILES string of the molecule is CCOC(=O)CC1Sc2ccccc2N1C. The van der Waals surface area contributed by atoms with Gasteiger partial charge in [-0.05, 0) is 19.1 Å². The van der Waals surface area contributed by atoms with Gasteiger partial charge in [-0.25, -0.2) is 0 Å². The highest BCUT2D eigenvalue weighted by molar-refractivity contribution is 8.00. The zero-order valence-electron chi connectivity index (χ0n) is 9.47. The monoisotopic (exact) mass is 237 g/mol. The van der Waals surface area contributed by atoms with Crippen LogP contribution in [0.5, 0.6) is 0 Å². The number of fused-ring (bicyclic) bond motifs is 1. The lowest BCUT2D eigenvalue weighted by Crippen LogP contribution is -2.27. The summed E-state index contributed by atoms with van der Waals surface area (Å²) in [6.07, 6.45) is 0.434. The molecule has 1 aromatic carbocycles. The van der Waals surface area contributed by atoms with E-state index in [1.807, 2.05) is 26.1 Å². The lowest BCUT2D eigenvalue weighted by Gasteiger charge is -2.20. The Hall–Kier alpha value is -1.16. The third kappa shape index (κ3) is 2.16. The van der Waals surface area contributed by atoms with Crippen molar-refractivity contribution in [2.45, 2.75) is 23.6 Å². The Balaban J connectivity index is 2.04. The Kier molecular flexibility index (Phi) is 3.39. The number of para-hydroxylation sites is 1. The number of hydrogen-bond acceptors (Lipinski definition) is 4. The molecule has 16 heavy (non-hydrogen) atoms. The number of rotatable bonds is 3. The van der Waals surface area contributed by atoms with Crippen LogP contribution in [0.3, 0.4) is 0 Å². The van der Waals surface area contributed by atoms with E-state index in [9.17, 15) is 4.79 Å². The molecule has 1 unspecified atom stereocenters. The van der Waals surface area contributed by atoms with Gasteiger partial charge in [-0.1, -0.05) is 23.9 Å².